The number of hydrogen-bond acceptors (Lipinski definition) is 5. The van der Waals surface area contributed by atoms with Crippen molar-refractivity contribution in [2.75, 3.05) is 0 Å². The van der Waals surface area contributed by atoms with Gasteiger partial charge in [0.15, 0.2) is 5.82 Å². The van der Waals surface area contributed by atoms with Gasteiger partial charge in [0, 0.05) is 16.0 Å². The van der Waals surface area contributed by atoms with Crippen molar-refractivity contribution in [1.82, 2.24) is 10.1 Å². The molecule has 0 radical (unpaired) electrons. The summed E-state index contributed by atoms with van der Waals surface area (Å²) < 4.78 is 18.8. The molecule has 0 spiro atoms. The number of aliphatic hydroxyl groups excluding tert-OH is 1. The molecule has 1 atom stereocenters. The second-order valence-electron chi connectivity index (χ2n) is 4.29. The summed E-state index contributed by atoms with van der Waals surface area (Å²) in [6, 6.07) is 6.39. The van der Waals surface area contributed by atoms with Crippen LogP contribution in [0.5, 0.6) is 0 Å². The standard InChI is InChI=1S/C13H10ClFN2O2S/c14-6-13-16-12(17-19-13)5-9(18)11-3-7-1-2-8(15)4-10(7)20-11/h1-4,9,18H,5-6H2/t9-/m0/s1. The van der Waals surface area contributed by atoms with E-state index >= 15 is 0 Å². The predicted molar refractivity (Wildman–Crippen MR) is 74.3 cm³/mol. The van der Waals surface area contributed by atoms with Gasteiger partial charge in [-0.05, 0) is 23.6 Å². The second kappa shape index (κ2) is 5.47. The van der Waals surface area contributed by atoms with Gasteiger partial charge in [-0.1, -0.05) is 11.2 Å². The fourth-order valence-electron chi connectivity index (χ4n) is 1.89. The first-order chi connectivity index (χ1) is 9.65. The van der Waals surface area contributed by atoms with Gasteiger partial charge in [0.05, 0.1) is 6.10 Å². The van der Waals surface area contributed by atoms with Crippen molar-refractivity contribution >= 4 is 33.0 Å². The average Bonchev–Trinajstić information content (AvgIpc) is 3.04. The van der Waals surface area contributed by atoms with Crippen LogP contribution in [0.15, 0.2) is 28.8 Å². The predicted octanol–water partition coefficient (Wildman–Crippen LogP) is 3.44. The zero-order valence-corrected chi connectivity index (χ0v) is 11.8. The third-order valence-corrected chi connectivity index (χ3v) is 4.26. The topological polar surface area (TPSA) is 59.2 Å². The van der Waals surface area contributed by atoms with Crippen LogP contribution < -0.4 is 0 Å². The van der Waals surface area contributed by atoms with Gasteiger partial charge in [-0.25, -0.2) is 4.39 Å². The van der Waals surface area contributed by atoms with Gasteiger partial charge in [-0.15, -0.1) is 22.9 Å². The molecule has 20 heavy (non-hydrogen) atoms. The zero-order chi connectivity index (χ0) is 14.1. The lowest BCUT2D eigenvalue weighted by atomic mass is 10.2. The molecule has 0 saturated carbocycles. The molecule has 2 aromatic heterocycles. The molecule has 104 valence electrons. The number of benzene rings is 1. The van der Waals surface area contributed by atoms with E-state index in [0.29, 0.717) is 11.7 Å². The highest BCUT2D eigenvalue weighted by molar-refractivity contribution is 7.19. The number of aliphatic hydroxyl groups is 1. The summed E-state index contributed by atoms with van der Waals surface area (Å²) >= 11 is 6.92. The number of alkyl halides is 1. The van der Waals surface area contributed by atoms with Crippen molar-refractivity contribution in [2.24, 2.45) is 0 Å². The van der Waals surface area contributed by atoms with Crippen LogP contribution in [-0.4, -0.2) is 15.2 Å². The number of fused-ring (bicyclic) bond motifs is 1. The van der Waals surface area contributed by atoms with Crippen molar-refractivity contribution in [3.05, 3.63) is 46.7 Å². The normalized spacial score (nSPS) is 12.9. The number of thiophene rings is 1. The molecule has 3 aromatic rings. The Kier molecular flexibility index (Phi) is 3.69. The lowest BCUT2D eigenvalue weighted by Gasteiger charge is -2.03. The van der Waals surface area contributed by atoms with E-state index in [1.807, 2.05) is 6.07 Å². The number of rotatable bonds is 4. The van der Waals surface area contributed by atoms with Gasteiger partial charge in [-0.3, -0.25) is 0 Å². The molecule has 3 rings (SSSR count). The molecule has 0 bridgehead atoms. The van der Waals surface area contributed by atoms with Crippen LogP contribution in [-0.2, 0) is 12.3 Å². The lowest BCUT2D eigenvalue weighted by molar-refractivity contribution is 0.178. The maximum atomic E-state index is 13.1. The Morgan fingerprint density at radius 2 is 2.25 bits per heavy atom. The summed E-state index contributed by atoms with van der Waals surface area (Å²) in [5, 5.41) is 14.8. The van der Waals surface area contributed by atoms with Crippen molar-refractivity contribution in [3.63, 3.8) is 0 Å². The van der Waals surface area contributed by atoms with E-state index in [2.05, 4.69) is 10.1 Å². The Morgan fingerprint density at radius 3 is 3.00 bits per heavy atom. The molecule has 0 amide bonds. The molecule has 0 saturated heterocycles. The summed E-state index contributed by atoms with van der Waals surface area (Å²) in [5.74, 6) is 0.583. The quantitative estimate of drug-likeness (QED) is 0.750. The molecule has 0 aliphatic rings. The van der Waals surface area contributed by atoms with Gasteiger partial charge in [0.2, 0.25) is 5.89 Å². The minimum Gasteiger partial charge on any atom is -0.387 e. The number of halogens is 2. The van der Waals surface area contributed by atoms with Crippen LogP contribution in [0.4, 0.5) is 4.39 Å². The van der Waals surface area contributed by atoms with Crippen molar-refractivity contribution < 1.29 is 14.0 Å². The highest BCUT2D eigenvalue weighted by Gasteiger charge is 2.16. The Labute approximate surface area is 122 Å². The van der Waals surface area contributed by atoms with Gasteiger partial charge in [0.25, 0.3) is 0 Å². The first-order valence-corrected chi connectivity index (χ1v) is 7.25. The molecule has 2 heterocycles. The van der Waals surface area contributed by atoms with Crippen molar-refractivity contribution in [3.8, 4) is 0 Å². The summed E-state index contributed by atoms with van der Waals surface area (Å²) in [5.41, 5.74) is 0. The molecular weight excluding hydrogens is 303 g/mol. The fraction of sp³-hybridized carbons (Fsp3) is 0.231. The van der Waals surface area contributed by atoms with Crippen LogP contribution in [0.2, 0.25) is 0 Å². The smallest absolute Gasteiger partial charge is 0.241 e. The molecule has 1 N–H and O–H groups in total. The Balaban J connectivity index is 1.82. The average molecular weight is 313 g/mol. The SMILES string of the molecule is O[C@@H](Cc1noc(CCl)n1)c1cc2ccc(F)cc2s1. The van der Waals surface area contributed by atoms with Gasteiger partial charge >= 0.3 is 0 Å². The van der Waals surface area contributed by atoms with Crippen LogP contribution in [0.1, 0.15) is 22.7 Å². The summed E-state index contributed by atoms with van der Waals surface area (Å²) in [7, 11) is 0. The Morgan fingerprint density at radius 1 is 1.40 bits per heavy atom. The molecular formula is C13H10ClFN2O2S. The van der Waals surface area contributed by atoms with Crippen LogP contribution in [0.3, 0.4) is 0 Å². The van der Waals surface area contributed by atoms with Gasteiger partial charge < -0.3 is 9.63 Å². The maximum Gasteiger partial charge on any atom is 0.241 e. The third kappa shape index (κ3) is 2.67. The van der Waals surface area contributed by atoms with Crippen LogP contribution in [0, 0.1) is 5.82 Å². The molecule has 1 aromatic carbocycles. The van der Waals surface area contributed by atoms with Gasteiger partial charge in [0.1, 0.15) is 11.7 Å². The second-order valence-corrected chi connectivity index (χ2v) is 5.67. The highest BCUT2D eigenvalue weighted by atomic mass is 35.5. The van der Waals surface area contributed by atoms with E-state index in [4.69, 9.17) is 16.1 Å². The largest absolute Gasteiger partial charge is 0.387 e. The van der Waals surface area contributed by atoms with Crippen LogP contribution in [0.25, 0.3) is 10.1 Å². The minimum atomic E-state index is -0.753. The van der Waals surface area contributed by atoms with E-state index < -0.39 is 6.10 Å². The molecule has 4 nitrogen and oxygen atoms in total. The number of hydrogen-bond donors (Lipinski definition) is 1. The van der Waals surface area contributed by atoms with Gasteiger partial charge in [-0.2, -0.15) is 4.98 Å². The Bertz CT molecular complexity index is 743. The zero-order valence-electron chi connectivity index (χ0n) is 10.2. The van der Waals surface area contributed by atoms with E-state index in [1.54, 1.807) is 6.07 Å². The lowest BCUT2D eigenvalue weighted by Crippen LogP contribution is -2.01. The van der Waals surface area contributed by atoms with Crippen molar-refractivity contribution in [1.29, 1.82) is 0 Å². The minimum absolute atomic E-state index is 0.144. The first kappa shape index (κ1) is 13.5. The summed E-state index contributed by atoms with van der Waals surface area (Å²) in [6.07, 6.45) is -0.522. The molecule has 0 aliphatic carbocycles. The third-order valence-electron chi connectivity index (χ3n) is 2.83. The molecule has 0 aliphatic heterocycles. The number of aromatic nitrogens is 2. The van der Waals surface area contributed by atoms with E-state index in [1.165, 1.54) is 23.5 Å². The summed E-state index contributed by atoms with van der Waals surface area (Å²) in [6.45, 7) is 0. The maximum absolute atomic E-state index is 13.1. The van der Waals surface area contributed by atoms with E-state index in [-0.39, 0.29) is 18.1 Å². The van der Waals surface area contributed by atoms with E-state index in [0.717, 1.165) is 15.0 Å². The Hall–Kier alpha value is -1.50. The molecule has 7 heteroatoms. The van der Waals surface area contributed by atoms with Crippen LogP contribution >= 0.6 is 22.9 Å². The highest BCUT2D eigenvalue weighted by Crippen LogP contribution is 2.31. The molecule has 0 fully saturated rings. The van der Waals surface area contributed by atoms with Crippen molar-refractivity contribution in [2.45, 2.75) is 18.4 Å². The fourth-order valence-corrected chi connectivity index (χ4v) is 3.07. The first-order valence-electron chi connectivity index (χ1n) is 5.90. The molecule has 0 unspecified atom stereocenters. The van der Waals surface area contributed by atoms with E-state index in [9.17, 15) is 9.50 Å². The monoisotopic (exact) mass is 312 g/mol. The summed E-state index contributed by atoms with van der Waals surface area (Å²) in [4.78, 5) is 4.78. The number of nitrogens with zero attached hydrogens (tertiary/aromatic N) is 2.